The molecule has 4 N–H and O–H groups in total. The maximum atomic E-state index is 13.2. The molecule has 1 fully saturated rings. The third kappa shape index (κ3) is 6.79. The summed E-state index contributed by atoms with van der Waals surface area (Å²) in [5.41, 5.74) is 0.326. The number of carboxylic acids is 1. The molecule has 2 aromatic rings. The molecule has 1 aliphatic rings. The van der Waals surface area contributed by atoms with Gasteiger partial charge in [-0.05, 0) is 38.0 Å². The van der Waals surface area contributed by atoms with Crippen molar-refractivity contribution in [3.63, 3.8) is 0 Å². The zero-order valence-electron chi connectivity index (χ0n) is 20.2. The Kier molecular flexibility index (Phi) is 8.25. The molecule has 1 saturated heterocycles. The van der Waals surface area contributed by atoms with E-state index in [0.717, 1.165) is 5.56 Å². The predicted molar refractivity (Wildman–Crippen MR) is 129 cm³/mol. The fourth-order valence-corrected chi connectivity index (χ4v) is 3.85. The fourth-order valence-electron chi connectivity index (χ4n) is 3.85. The van der Waals surface area contributed by atoms with Gasteiger partial charge in [-0.25, -0.2) is 9.78 Å². The highest BCUT2D eigenvalue weighted by molar-refractivity contribution is 5.97. The summed E-state index contributed by atoms with van der Waals surface area (Å²) in [6, 6.07) is 11.1. The van der Waals surface area contributed by atoms with Crippen molar-refractivity contribution in [3.8, 4) is 11.3 Å². The zero-order valence-corrected chi connectivity index (χ0v) is 20.2. The lowest BCUT2D eigenvalue weighted by Gasteiger charge is -2.35. The molecule has 36 heavy (non-hydrogen) atoms. The SMILES string of the molecule is CC(C)(O)c1cc(C(=O)N[C@@H](CCC(=O)O)C(=O)N2CCN(C(=O)O)CC2)nc(-c2ccccc2)c1. The van der Waals surface area contributed by atoms with Crippen LogP contribution in [0.15, 0.2) is 42.5 Å². The van der Waals surface area contributed by atoms with Crippen LogP contribution >= 0.6 is 0 Å². The summed E-state index contributed by atoms with van der Waals surface area (Å²) in [7, 11) is 0. The molecule has 11 nitrogen and oxygen atoms in total. The normalized spacial score (nSPS) is 14.8. The minimum atomic E-state index is -1.27. The number of nitrogens with zero attached hydrogens (tertiary/aromatic N) is 3. The molecule has 0 radical (unpaired) electrons. The van der Waals surface area contributed by atoms with Crippen LogP contribution in [0.4, 0.5) is 4.79 Å². The lowest BCUT2D eigenvalue weighted by atomic mass is 9.96. The first-order valence-electron chi connectivity index (χ1n) is 11.6. The fraction of sp³-hybridized carbons (Fsp3) is 0.400. The predicted octanol–water partition coefficient (Wildman–Crippen LogP) is 1.76. The van der Waals surface area contributed by atoms with E-state index in [1.807, 2.05) is 30.3 Å². The second-order valence-electron chi connectivity index (χ2n) is 9.10. The van der Waals surface area contributed by atoms with E-state index in [2.05, 4.69) is 10.3 Å². The molecule has 3 rings (SSSR count). The maximum Gasteiger partial charge on any atom is 0.407 e. The first kappa shape index (κ1) is 26.6. The number of nitrogens with one attached hydrogen (secondary N) is 1. The molecular weight excluding hydrogens is 468 g/mol. The Labute approximate surface area is 208 Å². The summed E-state index contributed by atoms with van der Waals surface area (Å²) in [4.78, 5) is 55.8. The lowest BCUT2D eigenvalue weighted by Crippen LogP contribution is -2.55. The molecule has 192 valence electrons. The number of hydrogen-bond acceptors (Lipinski definition) is 6. The van der Waals surface area contributed by atoms with Gasteiger partial charge in [-0.15, -0.1) is 0 Å². The van der Waals surface area contributed by atoms with Gasteiger partial charge < -0.3 is 30.4 Å². The Morgan fingerprint density at radius 2 is 1.61 bits per heavy atom. The van der Waals surface area contributed by atoms with E-state index in [4.69, 9.17) is 10.2 Å². The van der Waals surface area contributed by atoms with Crippen molar-refractivity contribution in [2.45, 2.75) is 38.3 Å². The highest BCUT2D eigenvalue weighted by atomic mass is 16.4. The number of carboxylic acid groups (broad SMARTS) is 2. The van der Waals surface area contributed by atoms with E-state index >= 15 is 0 Å². The highest BCUT2D eigenvalue weighted by Gasteiger charge is 2.31. The Bertz CT molecular complexity index is 1120. The second kappa shape index (κ2) is 11.2. The molecule has 1 aromatic carbocycles. The van der Waals surface area contributed by atoms with Crippen LogP contribution in [0.25, 0.3) is 11.3 Å². The molecular formula is C25H30N4O7. The summed E-state index contributed by atoms with van der Waals surface area (Å²) >= 11 is 0. The number of aliphatic carboxylic acids is 1. The molecule has 3 amide bonds. The minimum Gasteiger partial charge on any atom is -0.481 e. The number of rotatable bonds is 8. The van der Waals surface area contributed by atoms with Gasteiger partial charge in [0, 0.05) is 38.2 Å². The molecule has 0 saturated carbocycles. The quantitative estimate of drug-likeness (QED) is 0.428. The number of hydrogen-bond donors (Lipinski definition) is 4. The maximum absolute atomic E-state index is 13.2. The van der Waals surface area contributed by atoms with Gasteiger partial charge in [0.15, 0.2) is 0 Å². The zero-order chi connectivity index (χ0) is 26.5. The molecule has 1 aliphatic heterocycles. The molecule has 2 heterocycles. The van der Waals surface area contributed by atoms with Crippen molar-refractivity contribution in [2.75, 3.05) is 26.2 Å². The van der Waals surface area contributed by atoms with Crippen molar-refractivity contribution in [1.82, 2.24) is 20.1 Å². The number of carbonyl (C=O) groups is 4. The highest BCUT2D eigenvalue weighted by Crippen LogP contribution is 2.26. The Morgan fingerprint density at radius 3 is 2.17 bits per heavy atom. The average Bonchev–Trinajstić information content (AvgIpc) is 2.85. The third-order valence-electron chi connectivity index (χ3n) is 5.95. The number of aromatic nitrogens is 1. The van der Waals surface area contributed by atoms with Crippen LogP contribution in [0.3, 0.4) is 0 Å². The number of pyridine rings is 1. The summed E-state index contributed by atoms with van der Waals surface area (Å²) in [5.74, 6) is -2.30. The first-order chi connectivity index (χ1) is 17.0. The van der Waals surface area contributed by atoms with E-state index in [9.17, 15) is 24.3 Å². The summed E-state index contributed by atoms with van der Waals surface area (Å²) in [5, 5.41) is 31.5. The van der Waals surface area contributed by atoms with Crippen LogP contribution in [0.2, 0.25) is 0 Å². The van der Waals surface area contributed by atoms with Gasteiger partial charge in [-0.2, -0.15) is 0 Å². The molecule has 11 heteroatoms. The van der Waals surface area contributed by atoms with E-state index < -0.39 is 35.5 Å². The van der Waals surface area contributed by atoms with Crippen molar-refractivity contribution in [1.29, 1.82) is 0 Å². The third-order valence-corrected chi connectivity index (χ3v) is 5.95. The summed E-state index contributed by atoms with van der Waals surface area (Å²) in [6.45, 7) is 3.67. The van der Waals surface area contributed by atoms with Crippen LogP contribution < -0.4 is 5.32 Å². The van der Waals surface area contributed by atoms with E-state index in [0.29, 0.717) is 11.3 Å². The number of benzene rings is 1. The van der Waals surface area contributed by atoms with Crippen LogP contribution in [0, 0.1) is 0 Å². The van der Waals surface area contributed by atoms with Gasteiger partial charge in [0.25, 0.3) is 5.91 Å². The van der Waals surface area contributed by atoms with Crippen molar-refractivity contribution in [3.05, 3.63) is 53.7 Å². The molecule has 1 aromatic heterocycles. The van der Waals surface area contributed by atoms with Gasteiger partial charge in [-0.1, -0.05) is 30.3 Å². The molecule has 0 bridgehead atoms. The number of amides is 3. The van der Waals surface area contributed by atoms with Gasteiger partial charge in [0.05, 0.1) is 11.3 Å². The Balaban J connectivity index is 1.86. The molecule has 0 unspecified atom stereocenters. The minimum absolute atomic E-state index is 0.0303. The van der Waals surface area contributed by atoms with Gasteiger partial charge in [0.1, 0.15) is 11.7 Å². The lowest BCUT2D eigenvalue weighted by molar-refractivity contribution is -0.138. The largest absolute Gasteiger partial charge is 0.481 e. The second-order valence-corrected chi connectivity index (χ2v) is 9.10. The van der Waals surface area contributed by atoms with Crippen molar-refractivity contribution < 1.29 is 34.5 Å². The number of piperazine rings is 1. The average molecular weight is 499 g/mol. The smallest absolute Gasteiger partial charge is 0.407 e. The number of aliphatic hydroxyl groups is 1. The topological polar surface area (TPSA) is 160 Å². The van der Waals surface area contributed by atoms with Gasteiger partial charge in [-0.3, -0.25) is 14.4 Å². The van der Waals surface area contributed by atoms with Crippen LogP contribution in [0.1, 0.15) is 42.7 Å². The summed E-state index contributed by atoms with van der Waals surface area (Å²) in [6.07, 6.45) is -1.57. The Hall–Kier alpha value is -3.99. The van der Waals surface area contributed by atoms with E-state index in [1.54, 1.807) is 19.9 Å². The van der Waals surface area contributed by atoms with Crippen LogP contribution in [-0.2, 0) is 15.2 Å². The standard InChI is InChI=1S/C25H30N4O7/c1-25(2,36)17-14-19(16-6-4-3-5-7-16)26-20(15-17)22(32)27-18(8-9-21(30)31)23(33)28-10-12-29(13-11-28)24(34)35/h3-7,14-15,18,36H,8-13H2,1-2H3,(H,27,32)(H,30,31)(H,34,35)/t18-/m0/s1. The van der Waals surface area contributed by atoms with E-state index in [-0.39, 0.29) is 44.7 Å². The molecule has 0 aliphatic carbocycles. The summed E-state index contributed by atoms with van der Waals surface area (Å²) < 4.78 is 0. The van der Waals surface area contributed by atoms with Crippen LogP contribution in [0.5, 0.6) is 0 Å². The van der Waals surface area contributed by atoms with Gasteiger partial charge >= 0.3 is 12.1 Å². The molecule has 0 spiro atoms. The number of carbonyl (C=O) groups excluding carboxylic acids is 2. The van der Waals surface area contributed by atoms with Crippen LogP contribution in [-0.4, -0.2) is 86.2 Å². The molecule has 1 atom stereocenters. The van der Waals surface area contributed by atoms with E-state index in [1.165, 1.54) is 15.9 Å². The first-order valence-corrected chi connectivity index (χ1v) is 11.6. The van der Waals surface area contributed by atoms with Crippen molar-refractivity contribution in [2.24, 2.45) is 0 Å². The van der Waals surface area contributed by atoms with Crippen molar-refractivity contribution >= 4 is 23.9 Å². The monoisotopic (exact) mass is 498 g/mol. The Morgan fingerprint density at radius 1 is 1.00 bits per heavy atom. The van der Waals surface area contributed by atoms with Gasteiger partial charge in [0.2, 0.25) is 5.91 Å².